The van der Waals surface area contributed by atoms with E-state index in [9.17, 15) is 9.59 Å². The highest BCUT2D eigenvalue weighted by Crippen LogP contribution is 2.36. The van der Waals surface area contributed by atoms with Gasteiger partial charge in [-0.25, -0.2) is 4.79 Å². The largest absolute Gasteiger partial charge is 0.540 e. The van der Waals surface area contributed by atoms with Crippen molar-refractivity contribution >= 4 is 23.5 Å². The Bertz CT molecular complexity index is 706. The summed E-state index contributed by atoms with van der Waals surface area (Å²) in [6.45, 7) is 8.30. The fourth-order valence-corrected chi connectivity index (χ4v) is 2.09. The highest BCUT2D eigenvalue weighted by Gasteiger charge is 2.41. The van der Waals surface area contributed by atoms with Crippen LogP contribution in [0.1, 0.15) is 26.3 Å². The van der Waals surface area contributed by atoms with Crippen LogP contribution in [0.15, 0.2) is 35.7 Å². The van der Waals surface area contributed by atoms with E-state index < -0.39 is 11.6 Å². The lowest BCUT2D eigenvalue weighted by Crippen LogP contribution is -2.43. The fraction of sp³-hybridized carbons (Fsp3) is 0.312. The number of amides is 1. The molecule has 0 spiro atoms. The van der Waals surface area contributed by atoms with E-state index in [1.807, 2.05) is 0 Å². The maximum absolute atomic E-state index is 12.3. The zero-order valence-electron chi connectivity index (χ0n) is 13.4. The predicted octanol–water partition coefficient (Wildman–Crippen LogP) is 3.06. The summed E-state index contributed by atoms with van der Waals surface area (Å²) in [5.74, 6) is 0.511. The molecule has 1 aromatic carbocycles. The zero-order chi connectivity index (χ0) is 17.2. The molecule has 1 aliphatic rings. The molecule has 1 amide bonds. The van der Waals surface area contributed by atoms with Crippen LogP contribution in [0.2, 0.25) is 0 Å². The molecule has 0 saturated carbocycles. The number of carbonyl (C=O) groups excluding carboxylic acids is 2. The van der Waals surface area contributed by atoms with Crippen molar-refractivity contribution in [2.24, 2.45) is 10.6 Å². The van der Waals surface area contributed by atoms with Gasteiger partial charge < -0.3 is 14.8 Å². The van der Waals surface area contributed by atoms with Crippen LogP contribution in [0.5, 0.6) is 5.75 Å². The molecule has 1 aromatic rings. The Morgan fingerprint density at radius 1 is 1.35 bits per heavy atom. The van der Waals surface area contributed by atoms with Gasteiger partial charge in [0.05, 0.1) is 18.2 Å². The maximum atomic E-state index is 12.3. The van der Waals surface area contributed by atoms with Crippen molar-refractivity contribution in [2.45, 2.75) is 20.8 Å². The molecule has 7 nitrogen and oxygen atoms in total. The summed E-state index contributed by atoms with van der Waals surface area (Å²) in [7, 11) is 1.53. The number of hydrogen-bond acceptors (Lipinski definition) is 6. The van der Waals surface area contributed by atoms with Crippen molar-refractivity contribution in [3.63, 3.8) is 0 Å². The first-order chi connectivity index (χ1) is 10.8. The summed E-state index contributed by atoms with van der Waals surface area (Å²) in [5, 5.41) is 6.63. The Morgan fingerprint density at radius 2 is 2.04 bits per heavy atom. The number of benzene rings is 1. The normalized spacial score (nSPS) is 17.0. The van der Waals surface area contributed by atoms with Crippen LogP contribution in [0.25, 0.3) is 0 Å². The number of nitrogens with one attached hydrogen (secondary N) is 1. The predicted molar refractivity (Wildman–Crippen MR) is 84.3 cm³/mol. The van der Waals surface area contributed by atoms with Crippen LogP contribution in [0.3, 0.4) is 0 Å². The summed E-state index contributed by atoms with van der Waals surface area (Å²) in [4.78, 5) is 28.5. The average molecular weight is 318 g/mol. The van der Waals surface area contributed by atoms with E-state index in [1.165, 1.54) is 14.0 Å². The first-order valence-corrected chi connectivity index (χ1v) is 6.88. The number of oxime groups is 1. The summed E-state index contributed by atoms with van der Waals surface area (Å²) in [6, 6.07) is 5.12. The van der Waals surface area contributed by atoms with E-state index in [-0.39, 0.29) is 11.7 Å². The van der Waals surface area contributed by atoms with E-state index in [2.05, 4.69) is 21.8 Å². The van der Waals surface area contributed by atoms with E-state index in [0.717, 1.165) is 0 Å². The lowest BCUT2D eigenvalue weighted by Gasteiger charge is -2.31. The van der Waals surface area contributed by atoms with Gasteiger partial charge in [-0.15, -0.1) is 0 Å². The highest BCUT2D eigenvalue weighted by molar-refractivity contribution is 6.25. The van der Waals surface area contributed by atoms with Gasteiger partial charge in [-0.05, 0) is 39.0 Å². The summed E-state index contributed by atoms with van der Waals surface area (Å²) >= 11 is 0. The molecule has 23 heavy (non-hydrogen) atoms. The third-order valence-corrected chi connectivity index (χ3v) is 3.36. The second-order valence-corrected chi connectivity index (χ2v) is 5.58. The highest BCUT2D eigenvalue weighted by atomic mass is 16.8. The number of hydrogen-bond donors (Lipinski definition) is 1. The van der Waals surface area contributed by atoms with Gasteiger partial charge in [-0.1, -0.05) is 11.7 Å². The molecule has 0 saturated heterocycles. The number of rotatable bonds is 3. The van der Waals surface area contributed by atoms with Crippen molar-refractivity contribution in [3.05, 3.63) is 36.1 Å². The van der Waals surface area contributed by atoms with Crippen LogP contribution < -0.4 is 10.1 Å². The molecule has 1 aliphatic heterocycles. The maximum Gasteiger partial charge on any atom is 0.540 e. The second kappa shape index (κ2) is 6.12. The van der Waals surface area contributed by atoms with Crippen LogP contribution in [-0.2, 0) is 14.4 Å². The molecular formula is C16H18N2O5. The standard InChI is InChI=1S/C16H18N2O5/c1-9(2)22-15(20)23-18-13-11-8-10(21-5)6-7-12(11)17-14(19)16(13,3)4/h6-8H,1H2,2-5H3,(H,17,19)/b18-13+. The molecule has 0 atom stereocenters. The van der Waals surface area contributed by atoms with Gasteiger partial charge in [0.1, 0.15) is 17.2 Å². The Morgan fingerprint density at radius 3 is 2.65 bits per heavy atom. The van der Waals surface area contributed by atoms with E-state index >= 15 is 0 Å². The number of allylic oxidation sites excluding steroid dienone is 1. The summed E-state index contributed by atoms with van der Waals surface area (Å²) < 4.78 is 9.87. The minimum Gasteiger partial charge on any atom is -0.497 e. The Hall–Kier alpha value is -2.83. The molecule has 0 aromatic heterocycles. The first kappa shape index (κ1) is 16.5. The molecule has 1 N–H and O–H groups in total. The lowest BCUT2D eigenvalue weighted by molar-refractivity contribution is -0.121. The number of fused-ring (bicyclic) bond motifs is 1. The molecule has 0 fully saturated rings. The van der Waals surface area contributed by atoms with Crippen molar-refractivity contribution in [3.8, 4) is 5.75 Å². The SMILES string of the molecule is C=C(C)OC(=O)O/N=C1\c2cc(OC)ccc2NC(=O)C1(C)C. The van der Waals surface area contributed by atoms with E-state index in [0.29, 0.717) is 22.7 Å². The van der Waals surface area contributed by atoms with Gasteiger partial charge in [0.25, 0.3) is 0 Å². The monoisotopic (exact) mass is 318 g/mol. The van der Waals surface area contributed by atoms with E-state index in [1.54, 1.807) is 32.0 Å². The van der Waals surface area contributed by atoms with Gasteiger partial charge in [0.15, 0.2) is 0 Å². The first-order valence-electron chi connectivity index (χ1n) is 6.88. The molecule has 0 radical (unpaired) electrons. The number of nitrogens with zero attached hydrogens (tertiary/aromatic N) is 1. The molecule has 1 heterocycles. The second-order valence-electron chi connectivity index (χ2n) is 5.58. The summed E-state index contributed by atoms with van der Waals surface area (Å²) in [6.07, 6.45) is -1.02. The quantitative estimate of drug-likeness (QED) is 0.400. The van der Waals surface area contributed by atoms with Crippen molar-refractivity contribution in [1.82, 2.24) is 0 Å². The van der Waals surface area contributed by atoms with Crippen LogP contribution in [0.4, 0.5) is 10.5 Å². The third-order valence-electron chi connectivity index (χ3n) is 3.36. The molecular weight excluding hydrogens is 300 g/mol. The van der Waals surface area contributed by atoms with Gasteiger partial charge in [-0.2, -0.15) is 0 Å². The lowest BCUT2D eigenvalue weighted by atomic mass is 9.79. The third kappa shape index (κ3) is 3.33. The molecule has 0 bridgehead atoms. The van der Waals surface area contributed by atoms with Crippen LogP contribution in [-0.4, -0.2) is 24.9 Å². The van der Waals surface area contributed by atoms with Gasteiger partial charge in [0, 0.05) is 5.56 Å². The van der Waals surface area contributed by atoms with Crippen molar-refractivity contribution in [1.29, 1.82) is 0 Å². The molecule has 0 aliphatic carbocycles. The van der Waals surface area contributed by atoms with Crippen molar-refractivity contribution < 1.29 is 23.9 Å². The number of methoxy groups -OCH3 is 1. The van der Waals surface area contributed by atoms with Crippen LogP contribution in [0, 0.1) is 5.41 Å². The molecule has 7 heteroatoms. The number of ether oxygens (including phenoxy) is 2. The minimum absolute atomic E-state index is 0.179. The molecule has 122 valence electrons. The fourth-order valence-electron chi connectivity index (χ4n) is 2.09. The van der Waals surface area contributed by atoms with Gasteiger partial charge in [0.2, 0.25) is 5.91 Å². The van der Waals surface area contributed by atoms with Crippen molar-refractivity contribution in [2.75, 3.05) is 12.4 Å². The van der Waals surface area contributed by atoms with E-state index in [4.69, 9.17) is 9.57 Å². The number of anilines is 1. The topological polar surface area (TPSA) is 86.2 Å². The molecule has 0 unspecified atom stereocenters. The zero-order valence-corrected chi connectivity index (χ0v) is 13.4. The van der Waals surface area contributed by atoms with Gasteiger partial charge in [-0.3, -0.25) is 9.63 Å². The minimum atomic E-state index is -1.02. The molecule has 2 rings (SSSR count). The Kier molecular flexibility index (Phi) is 4.40. The number of carbonyl (C=O) groups is 2. The Labute approximate surface area is 133 Å². The summed E-state index contributed by atoms with van der Waals surface area (Å²) in [5.41, 5.74) is 0.472. The average Bonchev–Trinajstić information content (AvgIpc) is 2.46. The van der Waals surface area contributed by atoms with Crippen LogP contribution >= 0.6 is 0 Å². The smallest absolute Gasteiger partial charge is 0.497 e. The van der Waals surface area contributed by atoms with Gasteiger partial charge >= 0.3 is 6.16 Å². The Balaban J connectivity index is 2.44.